The van der Waals surface area contributed by atoms with Crippen molar-refractivity contribution in [2.75, 3.05) is 5.32 Å². The van der Waals surface area contributed by atoms with Crippen LogP contribution in [0, 0.1) is 0 Å². The number of carboxylic acids is 1. The SMILES string of the molecule is CCC[C@H](N)C(=O)Nc1cc(Br)cc(C(=O)O)c1. The number of carbonyl (C=O) groups excluding carboxylic acids is 1. The van der Waals surface area contributed by atoms with Gasteiger partial charge in [-0.3, -0.25) is 4.79 Å². The molecule has 18 heavy (non-hydrogen) atoms. The number of aromatic carboxylic acids is 1. The maximum atomic E-state index is 11.7. The lowest BCUT2D eigenvalue weighted by Gasteiger charge is -2.12. The first-order valence-electron chi connectivity index (χ1n) is 5.54. The third-order valence-electron chi connectivity index (χ3n) is 2.35. The molecule has 0 fully saturated rings. The molecule has 0 aliphatic heterocycles. The van der Waals surface area contributed by atoms with Crippen LogP contribution in [0.4, 0.5) is 5.69 Å². The number of anilines is 1. The molecule has 0 radical (unpaired) electrons. The van der Waals surface area contributed by atoms with E-state index in [0.29, 0.717) is 16.6 Å². The van der Waals surface area contributed by atoms with E-state index in [2.05, 4.69) is 21.2 Å². The number of carbonyl (C=O) groups is 2. The topological polar surface area (TPSA) is 92.4 Å². The zero-order valence-corrected chi connectivity index (χ0v) is 11.5. The third-order valence-corrected chi connectivity index (χ3v) is 2.81. The van der Waals surface area contributed by atoms with E-state index in [0.717, 1.165) is 6.42 Å². The number of halogens is 1. The van der Waals surface area contributed by atoms with Gasteiger partial charge in [0.15, 0.2) is 0 Å². The first-order chi connectivity index (χ1) is 8.43. The number of hydrogen-bond donors (Lipinski definition) is 3. The molecule has 0 aliphatic rings. The first-order valence-corrected chi connectivity index (χ1v) is 6.33. The van der Waals surface area contributed by atoms with Gasteiger partial charge in [-0.15, -0.1) is 0 Å². The van der Waals surface area contributed by atoms with E-state index >= 15 is 0 Å². The summed E-state index contributed by atoms with van der Waals surface area (Å²) in [6.45, 7) is 1.94. The van der Waals surface area contributed by atoms with Crippen LogP contribution in [0.2, 0.25) is 0 Å². The fourth-order valence-corrected chi connectivity index (χ4v) is 1.96. The molecule has 6 heteroatoms. The fraction of sp³-hybridized carbons (Fsp3) is 0.333. The smallest absolute Gasteiger partial charge is 0.335 e. The van der Waals surface area contributed by atoms with Crippen LogP contribution in [-0.2, 0) is 4.79 Å². The highest BCUT2D eigenvalue weighted by Crippen LogP contribution is 2.20. The van der Waals surface area contributed by atoms with Crippen LogP contribution < -0.4 is 11.1 Å². The lowest BCUT2D eigenvalue weighted by molar-refractivity contribution is -0.117. The van der Waals surface area contributed by atoms with Crippen LogP contribution in [0.15, 0.2) is 22.7 Å². The van der Waals surface area contributed by atoms with Gasteiger partial charge >= 0.3 is 5.97 Å². The zero-order valence-electron chi connectivity index (χ0n) is 9.94. The Morgan fingerprint density at radius 1 is 1.44 bits per heavy atom. The summed E-state index contributed by atoms with van der Waals surface area (Å²) < 4.78 is 0.585. The van der Waals surface area contributed by atoms with Gasteiger partial charge in [-0.25, -0.2) is 4.79 Å². The van der Waals surface area contributed by atoms with E-state index in [-0.39, 0.29) is 11.5 Å². The lowest BCUT2D eigenvalue weighted by Crippen LogP contribution is -2.35. The van der Waals surface area contributed by atoms with Crippen molar-refractivity contribution in [3.63, 3.8) is 0 Å². The fourth-order valence-electron chi connectivity index (χ4n) is 1.46. The highest BCUT2D eigenvalue weighted by molar-refractivity contribution is 9.10. The van der Waals surface area contributed by atoms with Crippen molar-refractivity contribution in [2.24, 2.45) is 5.73 Å². The van der Waals surface area contributed by atoms with Gasteiger partial charge < -0.3 is 16.2 Å². The Balaban J connectivity index is 2.84. The predicted molar refractivity (Wildman–Crippen MR) is 72.6 cm³/mol. The largest absolute Gasteiger partial charge is 0.478 e. The molecule has 0 unspecified atom stereocenters. The number of hydrogen-bond acceptors (Lipinski definition) is 3. The molecule has 1 aromatic carbocycles. The molecular weight excluding hydrogens is 300 g/mol. The molecule has 0 saturated carbocycles. The molecule has 4 N–H and O–H groups in total. The van der Waals surface area contributed by atoms with Gasteiger partial charge in [0.05, 0.1) is 11.6 Å². The number of nitrogens with one attached hydrogen (secondary N) is 1. The van der Waals surface area contributed by atoms with E-state index in [1.165, 1.54) is 12.1 Å². The molecule has 1 aromatic rings. The van der Waals surface area contributed by atoms with Crippen LogP contribution in [0.5, 0.6) is 0 Å². The molecule has 5 nitrogen and oxygen atoms in total. The van der Waals surface area contributed by atoms with E-state index in [4.69, 9.17) is 10.8 Å². The first kappa shape index (κ1) is 14.7. The summed E-state index contributed by atoms with van der Waals surface area (Å²) in [5, 5.41) is 11.5. The Morgan fingerprint density at radius 3 is 2.67 bits per heavy atom. The summed E-state index contributed by atoms with van der Waals surface area (Å²) >= 11 is 3.19. The molecule has 1 rings (SSSR count). The zero-order chi connectivity index (χ0) is 13.7. The Morgan fingerprint density at radius 2 is 2.11 bits per heavy atom. The molecule has 0 bridgehead atoms. The Labute approximate surface area is 113 Å². The summed E-state index contributed by atoms with van der Waals surface area (Å²) in [6.07, 6.45) is 1.40. The minimum Gasteiger partial charge on any atom is -0.478 e. The van der Waals surface area contributed by atoms with Gasteiger partial charge in [-0.05, 0) is 24.6 Å². The van der Waals surface area contributed by atoms with Gasteiger partial charge in [0.2, 0.25) is 5.91 Å². The number of nitrogens with two attached hydrogens (primary N) is 1. The van der Waals surface area contributed by atoms with Crippen molar-refractivity contribution in [1.82, 2.24) is 0 Å². The normalized spacial score (nSPS) is 11.9. The summed E-state index contributed by atoms with van der Waals surface area (Å²) in [5.74, 6) is -1.36. The second kappa shape index (κ2) is 6.51. The average molecular weight is 315 g/mol. The third kappa shape index (κ3) is 4.12. The van der Waals surface area contributed by atoms with Crippen molar-refractivity contribution in [3.8, 4) is 0 Å². The predicted octanol–water partition coefficient (Wildman–Crippen LogP) is 2.21. The minimum absolute atomic E-state index is 0.101. The van der Waals surface area contributed by atoms with Crippen molar-refractivity contribution in [3.05, 3.63) is 28.2 Å². The Bertz CT molecular complexity index is 463. The van der Waals surface area contributed by atoms with Crippen molar-refractivity contribution in [1.29, 1.82) is 0 Å². The molecule has 0 aromatic heterocycles. The Hall–Kier alpha value is -1.40. The van der Waals surface area contributed by atoms with Crippen LogP contribution in [0.1, 0.15) is 30.1 Å². The molecular formula is C12H15BrN2O3. The molecule has 1 amide bonds. The van der Waals surface area contributed by atoms with Crippen LogP contribution in [0.25, 0.3) is 0 Å². The molecule has 98 valence electrons. The summed E-state index contributed by atoms with van der Waals surface area (Å²) in [7, 11) is 0. The van der Waals surface area contributed by atoms with Crippen molar-refractivity contribution in [2.45, 2.75) is 25.8 Å². The summed E-state index contributed by atoms with van der Waals surface area (Å²) in [5.41, 5.74) is 6.19. The molecule has 0 aliphatic carbocycles. The second-order valence-corrected chi connectivity index (χ2v) is 4.83. The van der Waals surface area contributed by atoms with Gasteiger partial charge in [-0.1, -0.05) is 29.3 Å². The second-order valence-electron chi connectivity index (χ2n) is 3.92. The van der Waals surface area contributed by atoms with E-state index < -0.39 is 12.0 Å². The minimum atomic E-state index is -1.05. The van der Waals surface area contributed by atoms with Gasteiger partial charge in [0.25, 0.3) is 0 Å². The Kier molecular flexibility index (Phi) is 5.30. The van der Waals surface area contributed by atoms with Gasteiger partial charge in [0.1, 0.15) is 0 Å². The molecule has 0 heterocycles. The maximum Gasteiger partial charge on any atom is 0.335 e. The maximum absolute atomic E-state index is 11.7. The summed E-state index contributed by atoms with van der Waals surface area (Å²) in [6, 6.07) is 3.90. The van der Waals surface area contributed by atoms with Crippen LogP contribution in [0.3, 0.4) is 0 Å². The average Bonchev–Trinajstić information content (AvgIpc) is 2.28. The van der Waals surface area contributed by atoms with E-state index in [1.54, 1.807) is 6.07 Å². The van der Waals surface area contributed by atoms with E-state index in [1.807, 2.05) is 6.92 Å². The number of carboxylic acid groups (broad SMARTS) is 1. The van der Waals surface area contributed by atoms with E-state index in [9.17, 15) is 9.59 Å². The highest BCUT2D eigenvalue weighted by atomic mass is 79.9. The van der Waals surface area contributed by atoms with Crippen LogP contribution in [-0.4, -0.2) is 23.0 Å². The number of rotatable bonds is 5. The van der Waals surface area contributed by atoms with Gasteiger partial charge in [0, 0.05) is 10.2 Å². The highest BCUT2D eigenvalue weighted by Gasteiger charge is 2.13. The van der Waals surface area contributed by atoms with Gasteiger partial charge in [-0.2, -0.15) is 0 Å². The monoisotopic (exact) mass is 314 g/mol. The molecule has 0 spiro atoms. The number of amides is 1. The standard InChI is InChI=1S/C12H15BrN2O3/c1-2-3-10(14)11(16)15-9-5-7(12(17)18)4-8(13)6-9/h4-6,10H,2-3,14H2,1H3,(H,15,16)(H,17,18)/t10-/m0/s1. The molecule has 1 atom stereocenters. The van der Waals surface area contributed by atoms with Crippen LogP contribution >= 0.6 is 15.9 Å². The van der Waals surface area contributed by atoms with Crippen molar-refractivity contribution < 1.29 is 14.7 Å². The lowest BCUT2D eigenvalue weighted by atomic mass is 10.1. The van der Waals surface area contributed by atoms with Crippen molar-refractivity contribution >= 4 is 33.5 Å². The summed E-state index contributed by atoms with van der Waals surface area (Å²) in [4.78, 5) is 22.6. The number of benzene rings is 1. The molecule has 0 saturated heterocycles. The quantitative estimate of drug-likeness (QED) is 0.777.